The van der Waals surface area contributed by atoms with Gasteiger partial charge < -0.3 is 0 Å². The van der Waals surface area contributed by atoms with Crippen molar-refractivity contribution in [3.05, 3.63) is 29.3 Å². The lowest BCUT2D eigenvalue weighted by Gasteiger charge is -2.18. The van der Waals surface area contributed by atoms with Crippen LogP contribution in [-0.2, 0) is 9.84 Å². The molecular weight excluding hydrogens is 258 g/mol. The van der Waals surface area contributed by atoms with Gasteiger partial charge in [-0.1, -0.05) is 30.5 Å². The van der Waals surface area contributed by atoms with E-state index in [4.69, 9.17) is 0 Å². The third kappa shape index (κ3) is 2.66. The largest absolute Gasteiger partial charge is 0.222 e. The lowest BCUT2D eigenvalue weighted by atomic mass is 10.1. The van der Waals surface area contributed by atoms with E-state index in [2.05, 4.69) is 0 Å². The number of nitriles is 1. The molecule has 0 N–H and O–H groups in total. The van der Waals surface area contributed by atoms with E-state index < -0.39 is 15.1 Å². The fraction of sp³-hybridized carbons (Fsp3) is 0.533. The zero-order valence-corrected chi connectivity index (χ0v) is 12.2. The Morgan fingerprint density at radius 3 is 2.42 bits per heavy atom. The van der Waals surface area contributed by atoms with Crippen LogP contribution in [0.1, 0.15) is 36.8 Å². The first-order valence-electron chi connectivity index (χ1n) is 6.67. The monoisotopic (exact) mass is 277 g/mol. The highest BCUT2D eigenvalue weighted by Crippen LogP contribution is 2.34. The number of rotatable bonds is 3. The van der Waals surface area contributed by atoms with Crippen LogP contribution < -0.4 is 0 Å². The summed E-state index contributed by atoms with van der Waals surface area (Å²) in [6, 6.07) is 7.33. The highest BCUT2D eigenvalue weighted by atomic mass is 32.2. The minimum absolute atomic E-state index is 0.00398. The maximum absolute atomic E-state index is 12.7. The molecular formula is C15H19NO2S. The minimum Gasteiger partial charge on any atom is -0.222 e. The van der Waals surface area contributed by atoms with Crippen molar-refractivity contribution < 1.29 is 8.42 Å². The number of nitrogens with zero attached hydrogens (tertiary/aromatic N) is 1. The molecule has 1 aromatic rings. The second-order valence-corrected chi connectivity index (χ2v) is 7.45. The SMILES string of the molecule is Cc1ccc(S(=O)(=O)C(C#N)C2CCCC2)c(C)c1. The van der Waals surface area contributed by atoms with Crippen LogP contribution in [0.4, 0.5) is 0 Å². The first-order valence-corrected chi connectivity index (χ1v) is 8.22. The Morgan fingerprint density at radius 2 is 1.89 bits per heavy atom. The van der Waals surface area contributed by atoms with E-state index in [0.717, 1.165) is 36.8 Å². The van der Waals surface area contributed by atoms with Gasteiger partial charge in [0.1, 0.15) is 0 Å². The number of benzene rings is 1. The van der Waals surface area contributed by atoms with Crippen LogP contribution in [0.15, 0.2) is 23.1 Å². The van der Waals surface area contributed by atoms with Gasteiger partial charge in [0.15, 0.2) is 15.1 Å². The molecule has 0 aromatic heterocycles. The van der Waals surface area contributed by atoms with E-state index in [1.165, 1.54) is 0 Å². The van der Waals surface area contributed by atoms with Gasteiger partial charge in [-0.05, 0) is 44.2 Å². The van der Waals surface area contributed by atoms with Crippen LogP contribution in [0.5, 0.6) is 0 Å². The topological polar surface area (TPSA) is 57.9 Å². The maximum Gasteiger partial charge on any atom is 0.195 e. The standard InChI is InChI=1S/C15H19NO2S/c1-11-7-8-14(12(2)9-11)19(17,18)15(10-16)13-5-3-4-6-13/h7-9,13,15H,3-6H2,1-2H3. The van der Waals surface area contributed by atoms with Crippen LogP contribution >= 0.6 is 0 Å². The summed E-state index contributed by atoms with van der Waals surface area (Å²) in [7, 11) is -3.54. The molecule has 1 unspecified atom stereocenters. The van der Waals surface area contributed by atoms with Gasteiger partial charge in [-0.2, -0.15) is 5.26 Å². The van der Waals surface area contributed by atoms with Gasteiger partial charge in [0.25, 0.3) is 0 Å². The highest BCUT2D eigenvalue weighted by molar-refractivity contribution is 7.92. The molecule has 4 heteroatoms. The van der Waals surface area contributed by atoms with Crippen molar-refractivity contribution in [1.82, 2.24) is 0 Å². The van der Waals surface area contributed by atoms with Gasteiger partial charge >= 0.3 is 0 Å². The predicted octanol–water partition coefficient (Wildman–Crippen LogP) is 3.16. The molecule has 1 saturated carbocycles. The highest BCUT2D eigenvalue weighted by Gasteiger charge is 2.36. The van der Waals surface area contributed by atoms with E-state index in [1.807, 2.05) is 19.1 Å². The maximum atomic E-state index is 12.7. The van der Waals surface area contributed by atoms with Crippen molar-refractivity contribution in [1.29, 1.82) is 5.26 Å². The van der Waals surface area contributed by atoms with E-state index in [9.17, 15) is 13.7 Å². The van der Waals surface area contributed by atoms with Crippen molar-refractivity contribution in [3.63, 3.8) is 0 Å². The van der Waals surface area contributed by atoms with Gasteiger partial charge in [-0.15, -0.1) is 0 Å². The Labute approximate surface area is 115 Å². The van der Waals surface area contributed by atoms with Crippen molar-refractivity contribution in [2.75, 3.05) is 0 Å². The second kappa shape index (κ2) is 5.34. The summed E-state index contributed by atoms with van der Waals surface area (Å²) in [6.07, 6.45) is 3.77. The van der Waals surface area contributed by atoms with Crippen molar-refractivity contribution in [2.24, 2.45) is 5.92 Å². The summed E-state index contributed by atoms with van der Waals surface area (Å²) >= 11 is 0. The molecule has 1 aromatic carbocycles. The zero-order chi connectivity index (χ0) is 14.0. The molecule has 0 bridgehead atoms. The molecule has 1 fully saturated rings. The number of hydrogen-bond acceptors (Lipinski definition) is 3. The number of aryl methyl sites for hydroxylation is 2. The Bertz CT molecular complexity index is 608. The summed E-state index contributed by atoms with van der Waals surface area (Å²) in [5.41, 5.74) is 1.77. The van der Waals surface area contributed by atoms with Gasteiger partial charge in [-0.3, -0.25) is 0 Å². The summed E-state index contributed by atoms with van der Waals surface area (Å²) in [6.45, 7) is 3.73. The third-order valence-electron chi connectivity index (χ3n) is 3.93. The van der Waals surface area contributed by atoms with Gasteiger partial charge in [-0.25, -0.2) is 8.42 Å². The fourth-order valence-corrected chi connectivity index (χ4v) is 4.90. The second-order valence-electron chi connectivity index (χ2n) is 5.41. The lowest BCUT2D eigenvalue weighted by Crippen LogP contribution is -2.27. The zero-order valence-electron chi connectivity index (χ0n) is 11.4. The summed E-state index contributed by atoms with van der Waals surface area (Å²) < 4.78 is 25.3. The average Bonchev–Trinajstić information content (AvgIpc) is 2.82. The normalized spacial score (nSPS) is 18.2. The molecule has 1 aliphatic rings. The Morgan fingerprint density at radius 1 is 1.26 bits per heavy atom. The van der Waals surface area contributed by atoms with E-state index in [-0.39, 0.29) is 5.92 Å². The predicted molar refractivity (Wildman–Crippen MR) is 74.5 cm³/mol. The molecule has 19 heavy (non-hydrogen) atoms. The first-order chi connectivity index (χ1) is 8.96. The lowest BCUT2D eigenvalue weighted by molar-refractivity contribution is 0.525. The Hall–Kier alpha value is -1.34. The van der Waals surface area contributed by atoms with Gasteiger partial charge in [0, 0.05) is 0 Å². The van der Waals surface area contributed by atoms with Gasteiger partial charge in [0.2, 0.25) is 0 Å². The van der Waals surface area contributed by atoms with Crippen LogP contribution in [0.25, 0.3) is 0 Å². The van der Waals surface area contributed by atoms with Crippen LogP contribution in [0.2, 0.25) is 0 Å². The number of sulfone groups is 1. The van der Waals surface area contributed by atoms with E-state index in [0.29, 0.717) is 4.90 Å². The summed E-state index contributed by atoms with van der Waals surface area (Å²) in [4.78, 5) is 0.316. The molecule has 0 aliphatic heterocycles. The van der Waals surface area contributed by atoms with Crippen LogP contribution in [0, 0.1) is 31.1 Å². The third-order valence-corrected chi connectivity index (χ3v) is 6.16. The van der Waals surface area contributed by atoms with E-state index >= 15 is 0 Å². The number of hydrogen-bond donors (Lipinski definition) is 0. The minimum atomic E-state index is -3.54. The molecule has 1 atom stereocenters. The fourth-order valence-electron chi connectivity index (χ4n) is 2.94. The molecule has 3 nitrogen and oxygen atoms in total. The van der Waals surface area contributed by atoms with Crippen molar-refractivity contribution >= 4 is 9.84 Å². The quantitative estimate of drug-likeness (QED) is 0.852. The average molecular weight is 277 g/mol. The molecule has 0 amide bonds. The Balaban J connectivity index is 2.43. The first kappa shape index (κ1) is 14.1. The molecule has 0 spiro atoms. The molecule has 0 saturated heterocycles. The molecule has 0 heterocycles. The Kier molecular flexibility index (Phi) is 3.96. The molecule has 2 rings (SSSR count). The summed E-state index contributed by atoms with van der Waals surface area (Å²) in [5.74, 6) is -0.00398. The van der Waals surface area contributed by atoms with Crippen molar-refractivity contribution in [3.8, 4) is 6.07 Å². The molecule has 0 radical (unpaired) electrons. The van der Waals surface area contributed by atoms with Crippen molar-refractivity contribution in [2.45, 2.75) is 49.7 Å². The van der Waals surface area contributed by atoms with Gasteiger partial charge in [0.05, 0.1) is 11.0 Å². The molecule has 1 aliphatic carbocycles. The summed E-state index contributed by atoms with van der Waals surface area (Å²) in [5, 5.41) is 8.41. The smallest absolute Gasteiger partial charge is 0.195 e. The van der Waals surface area contributed by atoms with Crippen LogP contribution in [-0.4, -0.2) is 13.7 Å². The van der Waals surface area contributed by atoms with Crippen LogP contribution in [0.3, 0.4) is 0 Å². The van der Waals surface area contributed by atoms with E-state index in [1.54, 1.807) is 19.1 Å². The molecule has 102 valence electrons.